The van der Waals surface area contributed by atoms with Crippen LogP contribution in [0.3, 0.4) is 0 Å². The lowest BCUT2D eigenvalue weighted by Crippen LogP contribution is -2.11. The van der Waals surface area contributed by atoms with Crippen LogP contribution in [0.1, 0.15) is 5.56 Å². The first-order chi connectivity index (χ1) is 9.33. The third-order valence-corrected chi connectivity index (χ3v) is 2.83. The SMILES string of the molecule is O=C(Cc1cccc2ccccc12)Oc1cn[nH]n1. The average Bonchev–Trinajstić information content (AvgIpc) is 2.92. The molecule has 1 N–H and O–H groups in total. The molecule has 5 nitrogen and oxygen atoms in total. The summed E-state index contributed by atoms with van der Waals surface area (Å²) in [6.07, 6.45) is 1.56. The number of ether oxygens (including phenoxy) is 1. The van der Waals surface area contributed by atoms with E-state index in [1.54, 1.807) is 0 Å². The Kier molecular flexibility index (Phi) is 2.94. The Morgan fingerprint density at radius 3 is 2.84 bits per heavy atom. The molecule has 0 amide bonds. The molecule has 0 radical (unpaired) electrons. The van der Waals surface area contributed by atoms with Crippen LogP contribution in [0.25, 0.3) is 10.8 Å². The van der Waals surface area contributed by atoms with Crippen LogP contribution in [0.4, 0.5) is 0 Å². The maximum absolute atomic E-state index is 11.8. The second kappa shape index (κ2) is 4.89. The lowest BCUT2D eigenvalue weighted by atomic mass is 10.0. The van der Waals surface area contributed by atoms with Gasteiger partial charge in [-0.25, -0.2) is 0 Å². The van der Waals surface area contributed by atoms with Crippen LogP contribution in [0.5, 0.6) is 5.88 Å². The molecule has 0 aliphatic heterocycles. The van der Waals surface area contributed by atoms with Gasteiger partial charge in [-0.3, -0.25) is 4.79 Å². The van der Waals surface area contributed by atoms with Crippen molar-refractivity contribution in [2.45, 2.75) is 6.42 Å². The minimum atomic E-state index is -0.356. The number of nitrogens with one attached hydrogen (secondary N) is 1. The van der Waals surface area contributed by atoms with E-state index in [0.717, 1.165) is 16.3 Å². The number of fused-ring (bicyclic) bond motifs is 1. The number of benzene rings is 2. The minimum Gasteiger partial charge on any atom is -0.404 e. The molecule has 0 unspecified atom stereocenters. The molecule has 3 aromatic rings. The minimum absolute atomic E-state index is 0.185. The molecule has 0 saturated heterocycles. The summed E-state index contributed by atoms with van der Waals surface area (Å²) in [7, 11) is 0. The lowest BCUT2D eigenvalue weighted by Gasteiger charge is -2.05. The fourth-order valence-corrected chi connectivity index (χ4v) is 2.00. The summed E-state index contributed by atoms with van der Waals surface area (Å²) in [6, 6.07) is 13.8. The van der Waals surface area contributed by atoms with Gasteiger partial charge in [0.05, 0.1) is 6.42 Å². The summed E-state index contributed by atoms with van der Waals surface area (Å²) in [6.45, 7) is 0. The molecular weight excluding hydrogens is 242 g/mol. The fourth-order valence-electron chi connectivity index (χ4n) is 2.00. The van der Waals surface area contributed by atoms with E-state index in [1.807, 2.05) is 42.5 Å². The Bertz CT molecular complexity index is 702. The van der Waals surface area contributed by atoms with Crippen LogP contribution in [0.15, 0.2) is 48.7 Å². The summed E-state index contributed by atoms with van der Waals surface area (Å²) < 4.78 is 5.06. The van der Waals surface area contributed by atoms with Crippen LogP contribution >= 0.6 is 0 Å². The lowest BCUT2D eigenvalue weighted by molar-refractivity contribution is -0.133. The molecule has 0 spiro atoms. The van der Waals surface area contributed by atoms with E-state index < -0.39 is 0 Å². The van der Waals surface area contributed by atoms with Gasteiger partial charge >= 0.3 is 5.97 Å². The number of carbonyl (C=O) groups excluding carboxylic acids is 1. The van der Waals surface area contributed by atoms with Crippen LogP contribution in [-0.2, 0) is 11.2 Å². The standard InChI is InChI=1S/C14H11N3O2/c18-14(19-13-9-15-17-16-13)8-11-6-3-5-10-4-1-2-7-12(10)11/h1-7,9H,8H2,(H,15,16,17). The van der Waals surface area contributed by atoms with Crippen molar-refractivity contribution in [3.63, 3.8) is 0 Å². The topological polar surface area (TPSA) is 67.9 Å². The van der Waals surface area contributed by atoms with E-state index in [-0.39, 0.29) is 18.3 Å². The Balaban J connectivity index is 1.83. The summed E-state index contributed by atoms with van der Waals surface area (Å²) >= 11 is 0. The predicted molar refractivity (Wildman–Crippen MR) is 69.7 cm³/mol. The van der Waals surface area contributed by atoms with Crippen molar-refractivity contribution < 1.29 is 9.53 Å². The highest BCUT2D eigenvalue weighted by Crippen LogP contribution is 2.19. The monoisotopic (exact) mass is 253 g/mol. The van der Waals surface area contributed by atoms with Gasteiger partial charge in [0.2, 0.25) is 0 Å². The second-order valence-electron chi connectivity index (χ2n) is 4.10. The van der Waals surface area contributed by atoms with Crippen molar-refractivity contribution in [3.05, 3.63) is 54.2 Å². The Hall–Kier alpha value is -2.69. The maximum atomic E-state index is 11.8. The van der Waals surface area contributed by atoms with Crippen molar-refractivity contribution in [1.82, 2.24) is 15.4 Å². The number of aromatic amines is 1. The molecule has 0 saturated carbocycles. The molecule has 0 bridgehead atoms. The van der Waals surface area contributed by atoms with Gasteiger partial charge in [-0.05, 0) is 16.3 Å². The number of carbonyl (C=O) groups is 1. The molecule has 94 valence electrons. The second-order valence-corrected chi connectivity index (χ2v) is 4.10. The molecule has 1 heterocycles. The van der Waals surface area contributed by atoms with Gasteiger partial charge in [0.25, 0.3) is 5.88 Å². The average molecular weight is 253 g/mol. The molecule has 2 aromatic carbocycles. The van der Waals surface area contributed by atoms with Gasteiger partial charge < -0.3 is 4.74 Å². The molecule has 0 fully saturated rings. The number of esters is 1. The van der Waals surface area contributed by atoms with Gasteiger partial charge in [-0.1, -0.05) is 42.5 Å². The highest BCUT2D eigenvalue weighted by atomic mass is 16.5. The quantitative estimate of drug-likeness (QED) is 0.726. The van der Waals surface area contributed by atoms with Crippen LogP contribution in [0, 0.1) is 0 Å². The zero-order valence-electron chi connectivity index (χ0n) is 10.0. The first kappa shape index (κ1) is 11.4. The van der Waals surface area contributed by atoms with Gasteiger partial charge in [-0.2, -0.15) is 10.3 Å². The van der Waals surface area contributed by atoms with Gasteiger partial charge in [0.15, 0.2) is 0 Å². The third-order valence-electron chi connectivity index (χ3n) is 2.83. The van der Waals surface area contributed by atoms with E-state index >= 15 is 0 Å². The smallest absolute Gasteiger partial charge is 0.317 e. The number of aromatic nitrogens is 3. The van der Waals surface area contributed by atoms with Crippen molar-refractivity contribution in [2.24, 2.45) is 0 Å². The number of H-pyrrole nitrogens is 1. The van der Waals surface area contributed by atoms with E-state index in [9.17, 15) is 4.79 Å². The first-order valence-corrected chi connectivity index (χ1v) is 5.86. The molecule has 0 aliphatic rings. The van der Waals surface area contributed by atoms with Crippen LogP contribution < -0.4 is 4.74 Å². The molecule has 3 rings (SSSR count). The van der Waals surface area contributed by atoms with Crippen molar-refractivity contribution in [3.8, 4) is 5.88 Å². The number of hydrogen-bond donors (Lipinski definition) is 1. The summed E-state index contributed by atoms with van der Waals surface area (Å²) in [5, 5.41) is 11.8. The van der Waals surface area contributed by atoms with Crippen molar-refractivity contribution >= 4 is 16.7 Å². The molecule has 19 heavy (non-hydrogen) atoms. The van der Waals surface area contributed by atoms with Gasteiger partial charge in [0, 0.05) is 0 Å². The summed E-state index contributed by atoms with van der Waals surface area (Å²) in [4.78, 5) is 11.8. The summed E-state index contributed by atoms with van der Waals surface area (Å²) in [5.74, 6) is -0.171. The summed E-state index contributed by atoms with van der Waals surface area (Å²) in [5.41, 5.74) is 0.937. The first-order valence-electron chi connectivity index (χ1n) is 5.86. The fraction of sp³-hybridized carbons (Fsp3) is 0.0714. The highest BCUT2D eigenvalue weighted by Gasteiger charge is 2.10. The van der Waals surface area contributed by atoms with E-state index in [1.165, 1.54) is 6.20 Å². The van der Waals surface area contributed by atoms with Crippen molar-refractivity contribution in [1.29, 1.82) is 0 Å². The van der Waals surface area contributed by atoms with E-state index in [2.05, 4.69) is 15.4 Å². The largest absolute Gasteiger partial charge is 0.404 e. The predicted octanol–water partition coefficient (Wildman–Crippen LogP) is 2.11. The van der Waals surface area contributed by atoms with Crippen molar-refractivity contribution in [2.75, 3.05) is 0 Å². The molecule has 5 heteroatoms. The Morgan fingerprint density at radius 2 is 2.00 bits per heavy atom. The van der Waals surface area contributed by atoms with E-state index in [4.69, 9.17) is 4.74 Å². The molecular formula is C14H11N3O2. The maximum Gasteiger partial charge on any atom is 0.317 e. The zero-order valence-corrected chi connectivity index (χ0v) is 10.0. The number of nitrogens with zero attached hydrogens (tertiary/aromatic N) is 2. The normalized spacial score (nSPS) is 10.5. The molecule has 0 aliphatic carbocycles. The number of hydrogen-bond acceptors (Lipinski definition) is 4. The van der Waals surface area contributed by atoms with Crippen LogP contribution in [0.2, 0.25) is 0 Å². The number of rotatable bonds is 3. The van der Waals surface area contributed by atoms with E-state index in [0.29, 0.717) is 0 Å². The molecule has 0 atom stereocenters. The third kappa shape index (κ3) is 2.44. The van der Waals surface area contributed by atoms with Gasteiger partial charge in [0.1, 0.15) is 6.20 Å². The Labute approximate surface area is 109 Å². The van der Waals surface area contributed by atoms with Gasteiger partial charge in [-0.15, -0.1) is 5.10 Å². The van der Waals surface area contributed by atoms with Crippen LogP contribution in [-0.4, -0.2) is 21.4 Å². The Morgan fingerprint density at radius 1 is 1.16 bits per heavy atom. The highest BCUT2D eigenvalue weighted by molar-refractivity contribution is 5.89. The molecule has 1 aromatic heterocycles. The zero-order chi connectivity index (χ0) is 13.1.